The fourth-order valence-electron chi connectivity index (χ4n) is 9.89. The molecule has 3 N–H and O–H groups in total. The van der Waals surface area contributed by atoms with Gasteiger partial charge in [-0.3, -0.25) is 4.55 Å². The Hall–Kier alpha value is -0.210. The van der Waals surface area contributed by atoms with Gasteiger partial charge in [0.15, 0.2) is 0 Å². The van der Waals surface area contributed by atoms with Crippen molar-refractivity contribution in [1.29, 1.82) is 0 Å². The normalized spacial score (nSPS) is 48.5. The Morgan fingerprint density at radius 3 is 2.24 bits per heavy atom. The molecule has 6 nitrogen and oxygen atoms in total. The Morgan fingerprint density at radius 2 is 1.59 bits per heavy atom. The Labute approximate surface area is 207 Å². The van der Waals surface area contributed by atoms with Crippen LogP contribution in [0.2, 0.25) is 0 Å². The Kier molecular flexibility index (Phi) is 7.57. The Morgan fingerprint density at radius 1 is 0.941 bits per heavy atom. The molecule has 198 valence electrons. The van der Waals surface area contributed by atoms with E-state index in [2.05, 4.69) is 27.7 Å². The zero-order chi connectivity index (χ0) is 25.1. The quantitative estimate of drug-likeness (QED) is 0.413. The van der Waals surface area contributed by atoms with E-state index in [1.54, 1.807) is 6.92 Å². The van der Waals surface area contributed by atoms with Crippen LogP contribution in [0.5, 0.6) is 0 Å². The van der Waals surface area contributed by atoms with Gasteiger partial charge in [-0.25, -0.2) is 4.18 Å². The molecule has 0 aromatic carbocycles. The van der Waals surface area contributed by atoms with Crippen LogP contribution in [0.4, 0.5) is 0 Å². The van der Waals surface area contributed by atoms with Gasteiger partial charge >= 0.3 is 10.4 Å². The highest BCUT2D eigenvalue weighted by atomic mass is 32.3. The first kappa shape index (κ1) is 26.8. The van der Waals surface area contributed by atoms with Crippen LogP contribution in [-0.4, -0.2) is 41.5 Å². The van der Waals surface area contributed by atoms with Crippen molar-refractivity contribution >= 4 is 10.4 Å². The van der Waals surface area contributed by atoms with Crippen LogP contribution in [0.1, 0.15) is 98.8 Å². The highest BCUT2D eigenvalue weighted by molar-refractivity contribution is 7.80. The summed E-state index contributed by atoms with van der Waals surface area (Å²) in [6, 6.07) is 0. The van der Waals surface area contributed by atoms with Gasteiger partial charge in [0.25, 0.3) is 0 Å². The molecule has 4 aliphatic carbocycles. The van der Waals surface area contributed by atoms with E-state index in [1.165, 1.54) is 25.7 Å². The monoisotopic (exact) mass is 500 g/mol. The molecule has 0 heterocycles. The molecule has 0 aliphatic heterocycles. The molecule has 0 aromatic rings. The van der Waals surface area contributed by atoms with Gasteiger partial charge in [0.1, 0.15) is 0 Å². The summed E-state index contributed by atoms with van der Waals surface area (Å²) in [6.07, 6.45) is 8.96. The third kappa shape index (κ3) is 4.62. The highest BCUT2D eigenvalue weighted by Crippen LogP contribution is 2.69. The summed E-state index contributed by atoms with van der Waals surface area (Å²) in [5, 5.41) is 22.3. The van der Waals surface area contributed by atoms with E-state index in [4.69, 9.17) is 8.74 Å². The summed E-state index contributed by atoms with van der Waals surface area (Å²) in [6.45, 7) is 11.1. The molecule has 0 radical (unpaired) electrons. The van der Waals surface area contributed by atoms with Gasteiger partial charge < -0.3 is 10.2 Å². The van der Waals surface area contributed by atoms with E-state index < -0.39 is 16.5 Å². The van der Waals surface area contributed by atoms with Gasteiger partial charge in [-0.1, -0.05) is 34.1 Å². The van der Waals surface area contributed by atoms with Crippen molar-refractivity contribution in [2.45, 2.75) is 117 Å². The van der Waals surface area contributed by atoms with Crippen molar-refractivity contribution in [3.05, 3.63) is 0 Å². The van der Waals surface area contributed by atoms with Crippen LogP contribution in [-0.2, 0) is 14.6 Å². The van der Waals surface area contributed by atoms with Gasteiger partial charge in [-0.2, -0.15) is 8.42 Å². The Bertz CT molecular complexity index is 831. The lowest BCUT2D eigenvalue weighted by Gasteiger charge is -2.64. The van der Waals surface area contributed by atoms with Crippen LogP contribution < -0.4 is 0 Å². The predicted molar refractivity (Wildman–Crippen MR) is 132 cm³/mol. The summed E-state index contributed by atoms with van der Waals surface area (Å²) in [5.74, 6) is 3.11. The number of aliphatic hydroxyl groups is 2. The molecule has 4 unspecified atom stereocenters. The Balaban J connectivity index is 1.52. The molecule has 4 fully saturated rings. The first-order valence-corrected chi connectivity index (χ1v) is 15.2. The maximum Gasteiger partial charge on any atom is 0.397 e. The fraction of sp³-hybridized carbons (Fsp3) is 1.00. The second-order valence-electron chi connectivity index (χ2n) is 13.0. The van der Waals surface area contributed by atoms with Gasteiger partial charge in [0, 0.05) is 0 Å². The van der Waals surface area contributed by atoms with Crippen LogP contribution in [0.25, 0.3) is 0 Å². The predicted octanol–water partition coefficient (Wildman–Crippen LogP) is 5.24. The van der Waals surface area contributed by atoms with Crippen molar-refractivity contribution in [3.8, 4) is 0 Å². The van der Waals surface area contributed by atoms with Gasteiger partial charge in [0.2, 0.25) is 0 Å². The van der Waals surface area contributed by atoms with E-state index >= 15 is 0 Å². The summed E-state index contributed by atoms with van der Waals surface area (Å²) >= 11 is 0. The third-order valence-electron chi connectivity index (χ3n) is 11.5. The average molecular weight is 501 g/mol. The van der Waals surface area contributed by atoms with E-state index in [0.717, 1.165) is 32.1 Å². The molecule has 0 saturated heterocycles. The standard InChI is InChI=1S/C27H48O6S/c1-6-19-23-15-18(28)11-13-27(23,5)22-12-14-26(4)20(9-10-21(26)24(22)25(19)29)16(2)7-8-17(3)33-34(30,31)32/h16-25,28-29H,6-15H2,1-5H3,(H,30,31,32)/t16-,17+,18-,19-,20-,21?,22?,23+,24?,25?,26-,27-/m1/s1. The SMILES string of the molecule is CC[C@H]1C(O)C2C3CC[C@H]([C@H](C)CC[C@H](C)OS(=O)(=O)O)[C@@]3(C)CCC2[C@@]2(C)CC[C@@H](O)C[C@@H]12. The topological polar surface area (TPSA) is 104 Å². The molecule has 12 atom stereocenters. The highest BCUT2D eigenvalue weighted by Gasteiger charge is 2.64. The third-order valence-corrected chi connectivity index (χ3v) is 12.0. The van der Waals surface area contributed by atoms with Crippen molar-refractivity contribution in [2.24, 2.45) is 52.3 Å². The summed E-state index contributed by atoms with van der Waals surface area (Å²) in [7, 11) is -4.41. The molecular formula is C27H48O6S. The lowest BCUT2D eigenvalue weighted by molar-refractivity contribution is -0.203. The molecule has 0 aromatic heterocycles. The number of rotatable bonds is 7. The largest absolute Gasteiger partial charge is 0.397 e. The fourth-order valence-corrected chi connectivity index (χ4v) is 10.4. The molecule has 0 spiro atoms. The molecular weight excluding hydrogens is 452 g/mol. The minimum absolute atomic E-state index is 0.199. The van der Waals surface area contributed by atoms with E-state index in [0.29, 0.717) is 41.9 Å². The first-order valence-electron chi connectivity index (χ1n) is 13.8. The molecule has 4 aliphatic rings. The van der Waals surface area contributed by atoms with E-state index in [1.807, 2.05) is 0 Å². The number of hydrogen-bond donors (Lipinski definition) is 3. The first-order chi connectivity index (χ1) is 15.8. The van der Waals surface area contributed by atoms with E-state index in [-0.39, 0.29) is 29.0 Å². The molecule has 0 bridgehead atoms. The van der Waals surface area contributed by atoms with Crippen LogP contribution in [0, 0.1) is 52.3 Å². The molecule has 0 amide bonds. The van der Waals surface area contributed by atoms with Gasteiger partial charge in [-0.05, 0) is 117 Å². The maximum absolute atomic E-state index is 11.8. The maximum atomic E-state index is 11.8. The van der Waals surface area contributed by atoms with Crippen LogP contribution in [0.15, 0.2) is 0 Å². The second-order valence-corrected chi connectivity index (χ2v) is 14.1. The van der Waals surface area contributed by atoms with Gasteiger partial charge in [-0.15, -0.1) is 0 Å². The van der Waals surface area contributed by atoms with E-state index in [9.17, 15) is 18.6 Å². The van der Waals surface area contributed by atoms with Crippen LogP contribution >= 0.6 is 0 Å². The van der Waals surface area contributed by atoms with Crippen molar-refractivity contribution < 1.29 is 27.4 Å². The number of aliphatic hydroxyl groups excluding tert-OH is 2. The van der Waals surface area contributed by atoms with Gasteiger partial charge in [0.05, 0.1) is 18.3 Å². The average Bonchev–Trinajstić information content (AvgIpc) is 3.09. The van der Waals surface area contributed by atoms with Crippen molar-refractivity contribution in [3.63, 3.8) is 0 Å². The zero-order valence-electron chi connectivity index (χ0n) is 21.8. The number of hydrogen-bond acceptors (Lipinski definition) is 5. The lowest BCUT2D eigenvalue weighted by Crippen LogP contribution is -2.62. The lowest BCUT2D eigenvalue weighted by atomic mass is 9.41. The summed E-state index contributed by atoms with van der Waals surface area (Å²) in [4.78, 5) is 0. The second kappa shape index (κ2) is 9.59. The minimum Gasteiger partial charge on any atom is -0.393 e. The molecule has 7 heteroatoms. The molecule has 4 rings (SSSR count). The van der Waals surface area contributed by atoms with Crippen molar-refractivity contribution in [1.82, 2.24) is 0 Å². The van der Waals surface area contributed by atoms with Crippen LogP contribution in [0.3, 0.4) is 0 Å². The summed E-state index contributed by atoms with van der Waals surface area (Å²) < 4.78 is 35.8. The number of fused-ring (bicyclic) bond motifs is 5. The smallest absolute Gasteiger partial charge is 0.393 e. The summed E-state index contributed by atoms with van der Waals surface area (Å²) in [5.41, 5.74) is 0.418. The van der Waals surface area contributed by atoms with Crippen molar-refractivity contribution in [2.75, 3.05) is 0 Å². The zero-order valence-corrected chi connectivity index (χ0v) is 22.6. The molecule has 4 saturated carbocycles. The molecule has 34 heavy (non-hydrogen) atoms. The minimum atomic E-state index is -4.41.